The van der Waals surface area contributed by atoms with Crippen molar-refractivity contribution in [1.29, 1.82) is 0 Å². The van der Waals surface area contributed by atoms with Gasteiger partial charge >= 0.3 is 0 Å². The summed E-state index contributed by atoms with van der Waals surface area (Å²) in [7, 11) is 0. The number of nitrogens with two attached hydrogens (primary N) is 1. The molecule has 164 valence electrons. The molecule has 0 saturated carbocycles. The first-order valence-electron chi connectivity index (χ1n) is 10.8. The van der Waals surface area contributed by atoms with Crippen LogP contribution >= 0.6 is 0 Å². The first kappa shape index (κ1) is 21.2. The first-order chi connectivity index (χ1) is 14.6. The lowest BCUT2D eigenvalue weighted by atomic mass is 9.75. The lowest BCUT2D eigenvalue weighted by Crippen LogP contribution is -2.38. The average Bonchev–Trinajstić information content (AvgIpc) is 2.94. The predicted molar refractivity (Wildman–Crippen MR) is 120 cm³/mol. The van der Waals surface area contributed by atoms with E-state index in [4.69, 9.17) is 5.73 Å². The fourth-order valence-corrected chi connectivity index (χ4v) is 4.92. The highest BCUT2D eigenvalue weighted by Gasteiger charge is 2.36. The number of primary amides is 1. The maximum Gasteiger partial charge on any atom is 0.250 e. The molecule has 1 aliphatic heterocycles. The number of aromatic nitrogens is 1. The largest absolute Gasteiger partial charge is 0.373 e. The summed E-state index contributed by atoms with van der Waals surface area (Å²) in [5.74, 6) is -0.511. The second-order valence-electron chi connectivity index (χ2n) is 9.52. The number of hydrogen-bond acceptors (Lipinski definition) is 4. The molecule has 2 bridgehead atoms. The number of amides is 2. The van der Waals surface area contributed by atoms with Gasteiger partial charge in [0.1, 0.15) is 6.04 Å². The highest BCUT2D eigenvalue weighted by atomic mass is 16.2. The Morgan fingerprint density at radius 1 is 1.19 bits per heavy atom. The van der Waals surface area contributed by atoms with Gasteiger partial charge in [0, 0.05) is 41.3 Å². The van der Waals surface area contributed by atoms with Gasteiger partial charge in [0.25, 0.3) is 5.91 Å². The fraction of sp³-hybridized carbons (Fsp3) is 0.458. The minimum absolute atomic E-state index is 0.119. The summed E-state index contributed by atoms with van der Waals surface area (Å²) in [5.41, 5.74) is 11.1. The zero-order valence-corrected chi connectivity index (χ0v) is 18.6. The number of nitrogens with zero attached hydrogens (tertiary/aromatic N) is 1. The average molecular weight is 423 g/mol. The van der Waals surface area contributed by atoms with E-state index in [2.05, 4.69) is 29.0 Å². The Morgan fingerprint density at radius 3 is 2.65 bits per heavy atom. The van der Waals surface area contributed by atoms with Gasteiger partial charge in [-0.2, -0.15) is 0 Å². The molecule has 7 nitrogen and oxygen atoms in total. The smallest absolute Gasteiger partial charge is 0.250 e. The molecular weight excluding hydrogens is 392 g/mol. The highest BCUT2D eigenvalue weighted by molar-refractivity contribution is 6.01. The first-order valence-corrected chi connectivity index (χ1v) is 10.8. The Bertz CT molecular complexity index is 1100. The van der Waals surface area contributed by atoms with Crippen molar-refractivity contribution in [2.24, 2.45) is 11.1 Å². The molecule has 2 amide bonds. The summed E-state index contributed by atoms with van der Waals surface area (Å²) >= 11 is 0. The molecule has 0 unspecified atom stereocenters. The van der Waals surface area contributed by atoms with Gasteiger partial charge in [0.15, 0.2) is 5.78 Å². The molecule has 2 aliphatic rings. The second-order valence-corrected chi connectivity index (χ2v) is 9.52. The Hall–Kier alpha value is -3.09. The van der Waals surface area contributed by atoms with Crippen LogP contribution in [0.1, 0.15) is 71.3 Å². The van der Waals surface area contributed by atoms with Crippen molar-refractivity contribution in [3.8, 4) is 5.69 Å². The van der Waals surface area contributed by atoms with Gasteiger partial charge in [-0.25, -0.2) is 0 Å². The zero-order valence-electron chi connectivity index (χ0n) is 18.6. The molecule has 0 radical (unpaired) electrons. The molecule has 2 aromatic rings. The number of anilines is 1. The van der Waals surface area contributed by atoms with Gasteiger partial charge < -0.3 is 20.9 Å². The summed E-state index contributed by atoms with van der Waals surface area (Å²) < 4.78 is 2.19. The van der Waals surface area contributed by atoms with Crippen LogP contribution in [0.4, 0.5) is 5.69 Å². The molecule has 1 atom stereocenters. The molecule has 7 heteroatoms. The number of fused-ring (bicyclic) bond motifs is 6. The Kier molecular flexibility index (Phi) is 5.15. The molecule has 0 fully saturated rings. The number of Topliss-reactive ketones (excluding diaryl/α,β-unsaturated/α-hetero) is 1. The maximum atomic E-state index is 13.1. The third-order valence-corrected chi connectivity index (χ3v) is 6.38. The van der Waals surface area contributed by atoms with Gasteiger partial charge in [0.2, 0.25) is 5.91 Å². The van der Waals surface area contributed by atoms with Crippen molar-refractivity contribution < 1.29 is 14.4 Å². The quantitative estimate of drug-likeness (QED) is 0.657. The molecule has 1 aromatic heterocycles. The molecule has 2 heterocycles. The zero-order chi connectivity index (χ0) is 22.5. The summed E-state index contributed by atoms with van der Waals surface area (Å²) in [6.45, 7) is 8.56. The van der Waals surface area contributed by atoms with Crippen LogP contribution in [0.3, 0.4) is 0 Å². The van der Waals surface area contributed by atoms with Crippen LogP contribution < -0.4 is 16.4 Å². The van der Waals surface area contributed by atoms with Crippen LogP contribution in [0.2, 0.25) is 0 Å². The second kappa shape index (κ2) is 7.55. The van der Waals surface area contributed by atoms with E-state index in [0.29, 0.717) is 24.2 Å². The van der Waals surface area contributed by atoms with Crippen molar-refractivity contribution in [1.82, 2.24) is 9.88 Å². The molecular formula is C24H30N4O3. The van der Waals surface area contributed by atoms with Gasteiger partial charge in [-0.1, -0.05) is 13.8 Å². The molecule has 4 rings (SSSR count). The van der Waals surface area contributed by atoms with E-state index in [1.165, 1.54) is 0 Å². The number of carbonyl (C=O) groups is 3. The molecule has 0 spiro atoms. The normalized spacial score (nSPS) is 20.5. The fourth-order valence-electron chi connectivity index (χ4n) is 4.92. The number of hydrogen-bond donors (Lipinski definition) is 3. The van der Waals surface area contributed by atoms with E-state index in [1.54, 1.807) is 13.0 Å². The van der Waals surface area contributed by atoms with Crippen molar-refractivity contribution in [2.45, 2.75) is 59.4 Å². The lowest BCUT2D eigenvalue weighted by Gasteiger charge is -2.30. The molecule has 31 heavy (non-hydrogen) atoms. The van der Waals surface area contributed by atoms with E-state index in [0.717, 1.165) is 47.5 Å². The van der Waals surface area contributed by atoms with Crippen LogP contribution in [-0.4, -0.2) is 34.8 Å². The lowest BCUT2D eigenvalue weighted by molar-refractivity contribution is -0.121. The summed E-state index contributed by atoms with van der Waals surface area (Å²) in [5, 5.41) is 6.10. The topological polar surface area (TPSA) is 106 Å². The van der Waals surface area contributed by atoms with Crippen LogP contribution in [-0.2, 0) is 17.6 Å². The summed E-state index contributed by atoms with van der Waals surface area (Å²) in [6.07, 6.45) is 2.83. The van der Waals surface area contributed by atoms with Crippen LogP contribution in [0.15, 0.2) is 18.2 Å². The van der Waals surface area contributed by atoms with Crippen LogP contribution in [0.25, 0.3) is 5.69 Å². The van der Waals surface area contributed by atoms with Crippen LogP contribution in [0.5, 0.6) is 0 Å². The highest BCUT2D eigenvalue weighted by Crippen LogP contribution is 2.40. The van der Waals surface area contributed by atoms with Crippen molar-refractivity contribution in [3.05, 3.63) is 46.3 Å². The van der Waals surface area contributed by atoms with Gasteiger partial charge in [-0.05, 0) is 62.3 Å². The molecule has 0 saturated heterocycles. The Labute approximate surface area is 182 Å². The number of nitrogens with one attached hydrogen (secondary N) is 2. The van der Waals surface area contributed by atoms with Crippen molar-refractivity contribution in [2.75, 3.05) is 11.9 Å². The van der Waals surface area contributed by atoms with E-state index in [9.17, 15) is 14.4 Å². The summed E-state index contributed by atoms with van der Waals surface area (Å²) in [4.78, 5) is 37.5. The minimum atomic E-state index is -0.559. The van der Waals surface area contributed by atoms with Gasteiger partial charge in [-0.15, -0.1) is 0 Å². The van der Waals surface area contributed by atoms with Gasteiger partial charge in [-0.3, -0.25) is 14.4 Å². The molecule has 1 aromatic carbocycles. The number of benzene rings is 1. The third kappa shape index (κ3) is 3.73. The van der Waals surface area contributed by atoms with E-state index >= 15 is 0 Å². The van der Waals surface area contributed by atoms with E-state index in [1.807, 2.05) is 19.1 Å². The molecule has 1 aliphatic carbocycles. The number of ketones is 1. The predicted octanol–water partition coefficient (Wildman–Crippen LogP) is 2.90. The van der Waals surface area contributed by atoms with Gasteiger partial charge in [0.05, 0.1) is 5.56 Å². The van der Waals surface area contributed by atoms with E-state index in [-0.39, 0.29) is 17.1 Å². The van der Waals surface area contributed by atoms with Crippen molar-refractivity contribution >= 4 is 23.3 Å². The van der Waals surface area contributed by atoms with Crippen molar-refractivity contribution in [3.63, 3.8) is 0 Å². The number of carbonyl (C=O) groups excluding carboxylic acids is 3. The monoisotopic (exact) mass is 422 g/mol. The van der Waals surface area contributed by atoms with E-state index < -0.39 is 11.9 Å². The summed E-state index contributed by atoms with van der Waals surface area (Å²) in [6, 6.07) is 4.91. The Balaban J connectivity index is 1.97. The number of rotatable bonds is 1. The minimum Gasteiger partial charge on any atom is -0.373 e. The Morgan fingerprint density at radius 2 is 1.94 bits per heavy atom. The standard InChI is InChI=1S/C24H30N4O3/c1-13-18-6-5-9-26-23(31)14(2)27-17-10-15(7-8-16(17)22(25)30)28(18)19-11-24(3,4)12-20(29)21(13)19/h7-8,10,14,27H,5-6,9,11-12H2,1-4H3,(H2,25,30)(H,26,31)/t14-/m1/s1. The van der Waals surface area contributed by atoms with Crippen LogP contribution in [0, 0.1) is 12.3 Å². The SMILES string of the molecule is Cc1c2c(n3c1CCCNC(=O)[C@@H](C)Nc1cc-3ccc1C(N)=O)CC(C)(C)CC2=O. The third-order valence-electron chi connectivity index (χ3n) is 6.38. The molecule has 4 N–H and O–H groups in total. The maximum absolute atomic E-state index is 13.1.